The second-order valence-corrected chi connectivity index (χ2v) is 4.44. The Bertz CT molecular complexity index is 496. The first-order valence-corrected chi connectivity index (χ1v) is 5.29. The molecular weight excluding hydrogens is 178 g/mol. The number of para-hydroxylation sites is 1. The van der Waals surface area contributed by atoms with Gasteiger partial charge in [-0.1, -0.05) is 23.5 Å². The molecule has 0 aliphatic carbocycles. The number of thiazole rings is 1. The van der Waals surface area contributed by atoms with Crippen LogP contribution in [-0.4, -0.2) is 0 Å². The summed E-state index contributed by atoms with van der Waals surface area (Å²) in [6.45, 7) is 2.23. The minimum atomic E-state index is 0.520. The van der Waals surface area contributed by atoms with Gasteiger partial charge in [-0.05, 0) is 12.1 Å². The van der Waals surface area contributed by atoms with Gasteiger partial charge in [-0.2, -0.15) is 4.57 Å². The van der Waals surface area contributed by atoms with Gasteiger partial charge in [-0.15, -0.1) is 0 Å². The minimum absolute atomic E-state index is 0.520. The molecule has 64 valence electrons. The highest BCUT2D eigenvalue weighted by molar-refractivity contribution is 7.18. The summed E-state index contributed by atoms with van der Waals surface area (Å²) in [5.41, 5.74) is 1.36. The van der Waals surface area contributed by atoms with Crippen LogP contribution in [0.5, 0.6) is 0 Å². The number of benzene rings is 1. The van der Waals surface area contributed by atoms with Crippen molar-refractivity contribution in [1.82, 2.24) is 0 Å². The normalized spacial score (nSPS) is 19.6. The third-order valence-electron chi connectivity index (χ3n) is 2.50. The summed E-state index contributed by atoms with van der Waals surface area (Å²) >= 11 is 1.87. The van der Waals surface area contributed by atoms with Gasteiger partial charge in [-0.3, -0.25) is 0 Å². The summed E-state index contributed by atoms with van der Waals surface area (Å²) in [5, 5.41) is 1.37. The summed E-state index contributed by atoms with van der Waals surface area (Å²) in [6.07, 6.45) is 4.47. The Labute approximate surface area is 80.9 Å². The fourth-order valence-corrected chi connectivity index (χ4v) is 3.02. The quantitative estimate of drug-likeness (QED) is 0.560. The zero-order chi connectivity index (χ0) is 8.84. The van der Waals surface area contributed by atoms with Crippen molar-refractivity contribution in [2.75, 3.05) is 0 Å². The number of rotatable bonds is 0. The third kappa shape index (κ3) is 0.893. The van der Waals surface area contributed by atoms with Crippen LogP contribution < -0.4 is 4.57 Å². The van der Waals surface area contributed by atoms with E-state index in [1.54, 1.807) is 0 Å². The summed E-state index contributed by atoms with van der Waals surface area (Å²) in [5.74, 6) is 0. The number of fused-ring (bicyclic) bond motifs is 3. The molecule has 1 aliphatic heterocycles. The highest BCUT2D eigenvalue weighted by Gasteiger charge is 2.26. The molecule has 1 unspecified atom stereocenters. The molecule has 1 aliphatic rings. The highest BCUT2D eigenvalue weighted by atomic mass is 32.1. The fraction of sp³-hybridized carbons (Fsp3) is 0.182. The molecular formula is C11H10NS+. The number of hydrogen-bond donors (Lipinski definition) is 0. The maximum absolute atomic E-state index is 2.39. The predicted molar refractivity (Wildman–Crippen MR) is 55.8 cm³/mol. The van der Waals surface area contributed by atoms with Crippen LogP contribution in [0.15, 0.2) is 30.3 Å². The Kier molecular flexibility index (Phi) is 1.35. The molecule has 2 heteroatoms. The van der Waals surface area contributed by atoms with Crippen molar-refractivity contribution in [2.24, 2.45) is 0 Å². The molecule has 2 heterocycles. The number of hydrogen-bond acceptors (Lipinski definition) is 1. The van der Waals surface area contributed by atoms with Crippen LogP contribution in [0.3, 0.4) is 0 Å². The lowest BCUT2D eigenvalue weighted by Gasteiger charge is -1.94. The molecule has 0 saturated carbocycles. The van der Waals surface area contributed by atoms with E-state index in [9.17, 15) is 0 Å². The van der Waals surface area contributed by atoms with Gasteiger partial charge >= 0.3 is 0 Å². The Hall–Kier alpha value is -1.15. The second kappa shape index (κ2) is 2.42. The molecule has 1 aromatic heterocycles. The number of aromatic nitrogens is 1. The van der Waals surface area contributed by atoms with E-state index < -0.39 is 0 Å². The third-order valence-corrected chi connectivity index (χ3v) is 3.61. The molecule has 13 heavy (non-hydrogen) atoms. The monoisotopic (exact) mass is 188 g/mol. The molecule has 1 aromatic carbocycles. The second-order valence-electron chi connectivity index (χ2n) is 3.38. The van der Waals surface area contributed by atoms with Gasteiger partial charge in [-0.25, -0.2) is 0 Å². The van der Waals surface area contributed by atoms with Crippen LogP contribution in [0.1, 0.15) is 18.0 Å². The molecule has 3 rings (SSSR count). The van der Waals surface area contributed by atoms with Gasteiger partial charge in [0.2, 0.25) is 5.52 Å². The highest BCUT2D eigenvalue weighted by Crippen LogP contribution is 2.26. The Morgan fingerprint density at radius 3 is 3.08 bits per heavy atom. The zero-order valence-electron chi connectivity index (χ0n) is 7.40. The van der Waals surface area contributed by atoms with Gasteiger partial charge in [0.25, 0.3) is 5.01 Å². The van der Waals surface area contributed by atoms with E-state index >= 15 is 0 Å². The smallest absolute Gasteiger partial charge is 0.176 e. The van der Waals surface area contributed by atoms with E-state index in [1.807, 2.05) is 11.3 Å². The average Bonchev–Trinajstić information content (AvgIpc) is 2.66. The van der Waals surface area contributed by atoms with E-state index in [2.05, 4.69) is 47.9 Å². The summed E-state index contributed by atoms with van der Waals surface area (Å²) in [6, 6.07) is 9.10. The van der Waals surface area contributed by atoms with Crippen molar-refractivity contribution in [3.63, 3.8) is 0 Å². The van der Waals surface area contributed by atoms with Crippen molar-refractivity contribution in [2.45, 2.75) is 13.0 Å². The van der Waals surface area contributed by atoms with Gasteiger partial charge < -0.3 is 0 Å². The van der Waals surface area contributed by atoms with Crippen LogP contribution in [0, 0.1) is 0 Å². The molecule has 0 radical (unpaired) electrons. The molecule has 0 bridgehead atoms. The molecule has 1 nitrogen and oxygen atoms in total. The first kappa shape index (κ1) is 7.27. The van der Waals surface area contributed by atoms with E-state index in [1.165, 1.54) is 15.2 Å². The predicted octanol–water partition coefficient (Wildman–Crippen LogP) is 2.78. The standard InChI is InChI=1S/C11H10NS/c1-8-6-7-11-12(8)9-4-2-3-5-10(9)13-11/h2-8H,1H3/q+1. The summed E-state index contributed by atoms with van der Waals surface area (Å²) in [7, 11) is 0. The van der Waals surface area contributed by atoms with Gasteiger partial charge in [0, 0.05) is 19.1 Å². The van der Waals surface area contributed by atoms with Crippen molar-refractivity contribution in [3.8, 4) is 0 Å². The van der Waals surface area contributed by atoms with E-state index in [0.717, 1.165) is 0 Å². The molecule has 0 amide bonds. The molecule has 0 N–H and O–H groups in total. The van der Waals surface area contributed by atoms with Crippen LogP contribution in [0.2, 0.25) is 0 Å². The SMILES string of the molecule is CC1C=Cc2sc3ccccc3[n+]21. The Morgan fingerprint density at radius 1 is 1.31 bits per heavy atom. The van der Waals surface area contributed by atoms with Crippen LogP contribution in [0.4, 0.5) is 0 Å². The van der Waals surface area contributed by atoms with E-state index in [0.29, 0.717) is 6.04 Å². The maximum atomic E-state index is 2.39. The molecule has 0 saturated heterocycles. The Balaban J connectivity index is 2.45. The van der Waals surface area contributed by atoms with Gasteiger partial charge in [0.15, 0.2) is 6.04 Å². The van der Waals surface area contributed by atoms with Crippen LogP contribution in [0.25, 0.3) is 16.3 Å². The van der Waals surface area contributed by atoms with E-state index in [4.69, 9.17) is 0 Å². The van der Waals surface area contributed by atoms with Gasteiger partial charge in [0.1, 0.15) is 4.70 Å². The Morgan fingerprint density at radius 2 is 2.15 bits per heavy atom. The zero-order valence-corrected chi connectivity index (χ0v) is 8.21. The average molecular weight is 188 g/mol. The topological polar surface area (TPSA) is 3.88 Å². The lowest BCUT2D eigenvalue weighted by atomic mass is 10.3. The van der Waals surface area contributed by atoms with Gasteiger partial charge in [0.05, 0.1) is 0 Å². The molecule has 2 aromatic rings. The van der Waals surface area contributed by atoms with Crippen molar-refractivity contribution in [1.29, 1.82) is 0 Å². The first-order valence-electron chi connectivity index (χ1n) is 4.47. The number of nitrogens with zero attached hydrogens (tertiary/aromatic N) is 1. The minimum Gasteiger partial charge on any atom is -0.176 e. The summed E-state index contributed by atoms with van der Waals surface area (Å²) in [4.78, 5) is 0. The fourth-order valence-electron chi connectivity index (χ4n) is 1.87. The summed E-state index contributed by atoms with van der Waals surface area (Å²) < 4.78 is 3.77. The lowest BCUT2D eigenvalue weighted by molar-refractivity contribution is -0.676. The lowest BCUT2D eigenvalue weighted by Crippen LogP contribution is -2.34. The van der Waals surface area contributed by atoms with Crippen molar-refractivity contribution >= 4 is 27.6 Å². The number of allylic oxidation sites excluding steroid dienone is 1. The first-order chi connectivity index (χ1) is 6.36. The molecule has 0 spiro atoms. The van der Waals surface area contributed by atoms with Crippen molar-refractivity contribution in [3.05, 3.63) is 35.3 Å². The van der Waals surface area contributed by atoms with Crippen LogP contribution in [-0.2, 0) is 0 Å². The maximum Gasteiger partial charge on any atom is 0.263 e. The largest absolute Gasteiger partial charge is 0.263 e. The van der Waals surface area contributed by atoms with Crippen molar-refractivity contribution < 1.29 is 4.57 Å². The van der Waals surface area contributed by atoms with Crippen LogP contribution >= 0.6 is 11.3 Å². The molecule has 1 atom stereocenters. The van der Waals surface area contributed by atoms with E-state index in [-0.39, 0.29) is 0 Å². The molecule has 0 fully saturated rings.